The van der Waals surface area contributed by atoms with E-state index in [4.69, 9.17) is 10.1 Å². The Morgan fingerprint density at radius 3 is 2.57 bits per heavy atom. The Kier molecular flexibility index (Phi) is 6.23. The van der Waals surface area contributed by atoms with Crippen LogP contribution in [-0.4, -0.2) is 67.8 Å². The maximum Gasteiger partial charge on any atom is 0.185 e. The van der Waals surface area contributed by atoms with Gasteiger partial charge in [0.25, 0.3) is 0 Å². The predicted molar refractivity (Wildman–Crippen MR) is 141 cm³/mol. The maximum atomic E-state index is 12.2. The number of benzene rings is 1. The van der Waals surface area contributed by atoms with Gasteiger partial charge in [-0.25, -0.2) is 13.9 Å². The topological polar surface area (TPSA) is 99.4 Å². The zero-order valence-corrected chi connectivity index (χ0v) is 21.4. The number of aliphatic hydroxyl groups excluding tert-OH is 1. The quantitative estimate of drug-likeness (QED) is 0.476. The molecule has 1 spiro atoms. The maximum absolute atomic E-state index is 12.2. The van der Waals surface area contributed by atoms with Crippen LogP contribution in [0.4, 0.5) is 16.5 Å². The van der Waals surface area contributed by atoms with Gasteiger partial charge < -0.3 is 19.6 Å². The van der Waals surface area contributed by atoms with Crippen molar-refractivity contribution in [3.63, 3.8) is 0 Å². The van der Waals surface area contributed by atoms with Crippen LogP contribution in [0.1, 0.15) is 38.5 Å². The van der Waals surface area contributed by atoms with E-state index in [9.17, 15) is 4.21 Å². The van der Waals surface area contributed by atoms with E-state index in [0.717, 1.165) is 59.8 Å². The zero-order chi connectivity index (χ0) is 23.8. The normalized spacial score (nSPS) is 19.9. The SMILES string of the molecule is O=S(CCO)Nc1ccc(-n2cc(-c3csc(N4CCCC4)n3)nn2)c(N2CCC3(CC2)CC3)c1. The van der Waals surface area contributed by atoms with Crippen molar-refractivity contribution < 1.29 is 9.32 Å². The molecule has 2 aliphatic heterocycles. The Morgan fingerprint density at radius 2 is 1.83 bits per heavy atom. The molecule has 3 aliphatic rings. The summed E-state index contributed by atoms with van der Waals surface area (Å²) >= 11 is 1.66. The van der Waals surface area contributed by atoms with Crippen LogP contribution in [0.15, 0.2) is 29.8 Å². The molecule has 3 aromatic rings. The fourth-order valence-electron chi connectivity index (χ4n) is 5.13. The van der Waals surface area contributed by atoms with Crippen molar-refractivity contribution in [3.05, 3.63) is 29.8 Å². The molecule has 35 heavy (non-hydrogen) atoms. The van der Waals surface area contributed by atoms with Gasteiger partial charge in [-0.2, -0.15) is 0 Å². The monoisotopic (exact) mass is 513 g/mol. The molecule has 1 saturated carbocycles. The first-order chi connectivity index (χ1) is 17.1. The summed E-state index contributed by atoms with van der Waals surface area (Å²) in [4.78, 5) is 9.57. The third-order valence-corrected chi connectivity index (χ3v) is 9.40. The van der Waals surface area contributed by atoms with Gasteiger partial charge in [-0.3, -0.25) is 0 Å². The fraction of sp³-hybridized carbons (Fsp3) is 0.542. The molecule has 186 valence electrons. The highest BCUT2D eigenvalue weighted by molar-refractivity contribution is 7.86. The van der Waals surface area contributed by atoms with E-state index in [1.165, 1.54) is 38.5 Å². The average molecular weight is 514 g/mol. The molecule has 1 aliphatic carbocycles. The van der Waals surface area contributed by atoms with Gasteiger partial charge in [0.2, 0.25) is 0 Å². The molecule has 2 N–H and O–H groups in total. The Labute approximate surface area is 211 Å². The van der Waals surface area contributed by atoms with Gasteiger partial charge in [-0.15, -0.1) is 16.4 Å². The van der Waals surface area contributed by atoms with E-state index in [0.29, 0.717) is 5.41 Å². The highest BCUT2D eigenvalue weighted by Crippen LogP contribution is 2.54. The third kappa shape index (κ3) is 4.81. The van der Waals surface area contributed by atoms with Crippen LogP contribution in [-0.2, 0) is 11.0 Å². The molecular weight excluding hydrogens is 482 g/mol. The molecular formula is C24H31N7O2S2. The van der Waals surface area contributed by atoms with E-state index >= 15 is 0 Å². The first-order valence-corrected chi connectivity index (χ1v) is 14.6. The van der Waals surface area contributed by atoms with Gasteiger partial charge in [0.05, 0.1) is 29.9 Å². The first kappa shape index (κ1) is 22.9. The molecule has 11 heteroatoms. The van der Waals surface area contributed by atoms with Crippen LogP contribution in [0.25, 0.3) is 17.1 Å². The molecule has 9 nitrogen and oxygen atoms in total. The van der Waals surface area contributed by atoms with Crippen molar-refractivity contribution in [1.82, 2.24) is 20.0 Å². The lowest BCUT2D eigenvalue weighted by atomic mass is 9.93. The number of aromatic nitrogens is 4. The van der Waals surface area contributed by atoms with Gasteiger partial charge in [-0.1, -0.05) is 5.21 Å². The number of anilines is 3. The summed E-state index contributed by atoms with van der Waals surface area (Å²) in [5.74, 6) is 0.197. The van der Waals surface area contributed by atoms with Gasteiger partial charge >= 0.3 is 0 Å². The lowest BCUT2D eigenvalue weighted by Crippen LogP contribution is -2.35. The number of nitrogens with zero attached hydrogens (tertiary/aromatic N) is 6. The van der Waals surface area contributed by atoms with E-state index in [1.54, 1.807) is 11.3 Å². The van der Waals surface area contributed by atoms with Crippen molar-refractivity contribution in [1.29, 1.82) is 0 Å². The Balaban J connectivity index is 1.28. The number of aliphatic hydroxyl groups is 1. The van der Waals surface area contributed by atoms with Crippen LogP contribution in [0.2, 0.25) is 0 Å². The Morgan fingerprint density at radius 1 is 1.03 bits per heavy atom. The summed E-state index contributed by atoms with van der Waals surface area (Å²) in [6.07, 6.45) is 9.53. The molecule has 0 radical (unpaired) electrons. The molecule has 1 unspecified atom stereocenters. The second-order valence-electron chi connectivity index (χ2n) is 9.82. The summed E-state index contributed by atoms with van der Waals surface area (Å²) in [7, 11) is -1.32. The molecule has 0 amide bonds. The Bertz CT molecular complexity index is 1210. The predicted octanol–water partition coefficient (Wildman–Crippen LogP) is 3.44. The van der Waals surface area contributed by atoms with Crippen molar-refractivity contribution in [2.24, 2.45) is 5.41 Å². The third-order valence-electron chi connectivity index (χ3n) is 7.48. The summed E-state index contributed by atoms with van der Waals surface area (Å²) < 4.78 is 17.0. The van der Waals surface area contributed by atoms with Crippen molar-refractivity contribution in [2.45, 2.75) is 38.5 Å². The number of piperidine rings is 1. The molecule has 1 atom stereocenters. The summed E-state index contributed by atoms with van der Waals surface area (Å²) in [6.45, 7) is 4.04. The van der Waals surface area contributed by atoms with Gasteiger partial charge in [-0.05, 0) is 62.1 Å². The molecule has 3 fully saturated rings. The first-order valence-electron chi connectivity index (χ1n) is 12.4. The van der Waals surface area contributed by atoms with Crippen LogP contribution in [0.5, 0.6) is 0 Å². The average Bonchev–Trinajstić information content (AvgIpc) is 3.35. The smallest absolute Gasteiger partial charge is 0.185 e. The van der Waals surface area contributed by atoms with Crippen molar-refractivity contribution >= 4 is 38.8 Å². The van der Waals surface area contributed by atoms with Gasteiger partial charge in [0, 0.05) is 37.2 Å². The minimum absolute atomic E-state index is 0.114. The molecule has 2 aromatic heterocycles. The van der Waals surface area contributed by atoms with Gasteiger partial charge in [0.1, 0.15) is 22.4 Å². The molecule has 4 heterocycles. The number of thiazole rings is 1. The van der Waals surface area contributed by atoms with Gasteiger partial charge in [0.15, 0.2) is 5.13 Å². The van der Waals surface area contributed by atoms with E-state index < -0.39 is 11.0 Å². The highest BCUT2D eigenvalue weighted by Gasteiger charge is 2.44. The minimum atomic E-state index is -1.32. The zero-order valence-electron chi connectivity index (χ0n) is 19.7. The molecule has 6 rings (SSSR count). The van der Waals surface area contributed by atoms with Crippen LogP contribution in [0.3, 0.4) is 0 Å². The molecule has 1 aromatic carbocycles. The van der Waals surface area contributed by atoms with Crippen LogP contribution < -0.4 is 14.5 Å². The van der Waals surface area contributed by atoms with E-state index in [1.807, 2.05) is 29.1 Å². The van der Waals surface area contributed by atoms with E-state index in [-0.39, 0.29) is 12.4 Å². The highest BCUT2D eigenvalue weighted by atomic mass is 32.2. The second kappa shape index (κ2) is 9.51. The Hall–Kier alpha value is -2.50. The second-order valence-corrected chi connectivity index (χ2v) is 12.0. The molecule has 0 bridgehead atoms. The van der Waals surface area contributed by atoms with Crippen LogP contribution in [0, 0.1) is 5.41 Å². The van der Waals surface area contributed by atoms with Crippen LogP contribution >= 0.6 is 11.3 Å². The summed E-state index contributed by atoms with van der Waals surface area (Å²) in [6, 6.07) is 5.96. The summed E-state index contributed by atoms with van der Waals surface area (Å²) in [5.41, 5.74) is 4.98. The largest absolute Gasteiger partial charge is 0.395 e. The van der Waals surface area contributed by atoms with Crippen molar-refractivity contribution in [2.75, 3.05) is 53.1 Å². The lowest BCUT2D eigenvalue weighted by molar-refractivity contribution is 0.321. The van der Waals surface area contributed by atoms with E-state index in [2.05, 4.69) is 30.2 Å². The standard InChI is InChI=1S/C24H31N7O2S2/c32-13-14-35(33)27-18-3-4-21(22(15-18)29-11-7-24(5-6-24)8-12-29)31-16-19(26-28-31)20-17-34-23(25-20)30-9-1-2-10-30/h3-4,15-17,27,32H,1-2,5-14H2. The number of hydrogen-bond donors (Lipinski definition) is 2. The lowest BCUT2D eigenvalue weighted by Gasteiger charge is -2.35. The number of hydrogen-bond acceptors (Lipinski definition) is 8. The number of nitrogens with one attached hydrogen (secondary N) is 1. The molecule has 2 saturated heterocycles. The fourth-order valence-corrected chi connectivity index (χ4v) is 6.66. The number of rotatable bonds is 8. The summed E-state index contributed by atoms with van der Waals surface area (Å²) in [5, 5.41) is 21.1. The van der Waals surface area contributed by atoms with Crippen molar-refractivity contribution in [3.8, 4) is 17.1 Å². The minimum Gasteiger partial charge on any atom is -0.395 e.